The fourth-order valence-corrected chi connectivity index (χ4v) is 3.35. The summed E-state index contributed by atoms with van der Waals surface area (Å²) in [5.74, 6) is 1.14. The van der Waals surface area contributed by atoms with Crippen LogP contribution < -0.4 is 5.32 Å². The maximum Gasteiger partial charge on any atom is 0.269 e. The summed E-state index contributed by atoms with van der Waals surface area (Å²) in [4.78, 5) is 16.7. The number of amides is 1. The molecular formula is C17H19ClN2O. The van der Waals surface area contributed by atoms with Gasteiger partial charge in [0.2, 0.25) is 0 Å². The topological polar surface area (TPSA) is 42.0 Å². The molecule has 0 saturated heterocycles. The van der Waals surface area contributed by atoms with Crippen LogP contribution in [0.5, 0.6) is 0 Å². The number of nitrogens with zero attached hydrogens (tertiary/aromatic N) is 1. The number of fused-ring (bicyclic) bond motifs is 1. The molecule has 2 atom stereocenters. The molecule has 1 heterocycles. The van der Waals surface area contributed by atoms with Gasteiger partial charge in [-0.25, -0.2) is 4.98 Å². The van der Waals surface area contributed by atoms with Gasteiger partial charge in [0, 0.05) is 11.9 Å². The van der Waals surface area contributed by atoms with Gasteiger partial charge in [-0.15, -0.1) is 0 Å². The van der Waals surface area contributed by atoms with E-state index < -0.39 is 0 Å². The highest BCUT2D eigenvalue weighted by molar-refractivity contribution is 6.35. The highest BCUT2D eigenvalue weighted by atomic mass is 35.5. The van der Waals surface area contributed by atoms with E-state index in [1.54, 1.807) is 6.07 Å². The maximum atomic E-state index is 12.3. The molecule has 0 spiro atoms. The van der Waals surface area contributed by atoms with E-state index in [1.807, 2.05) is 24.3 Å². The molecule has 1 amide bonds. The molecule has 0 aliphatic heterocycles. The van der Waals surface area contributed by atoms with E-state index in [9.17, 15) is 4.79 Å². The molecule has 1 aliphatic carbocycles. The summed E-state index contributed by atoms with van der Waals surface area (Å²) in [5.41, 5.74) is 1.15. The van der Waals surface area contributed by atoms with Crippen LogP contribution in [-0.2, 0) is 0 Å². The number of hydrogen-bond acceptors (Lipinski definition) is 2. The number of benzene rings is 1. The second kappa shape index (κ2) is 6.02. The van der Waals surface area contributed by atoms with E-state index in [1.165, 1.54) is 19.3 Å². The van der Waals surface area contributed by atoms with Crippen LogP contribution in [0.3, 0.4) is 0 Å². The summed E-state index contributed by atoms with van der Waals surface area (Å²) in [5, 5.41) is 4.45. The van der Waals surface area contributed by atoms with Crippen molar-refractivity contribution in [3.8, 4) is 0 Å². The van der Waals surface area contributed by atoms with Crippen molar-refractivity contribution in [3.63, 3.8) is 0 Å². The fourth-order valence-electron chi connectivity index (χ4n) is 3.09. The van der Waals surface area contributed by atoms with Crippen molar-refractivity contribution in [3.05, 3.63) is 41.0 Å². The van der Waals surface area contributed by atoms with Crippen molar-refractivity contribution in [2.24, 2.45) is 11.8 Å². The van der Waals surface area contributed by atoms with Crippen LogP contribution in [-0.4, -0.2) is 17.4 Å². The third-order valence-electron chi connectivity index (χ3n) is 4.46. The molecule has 1 aromatic carbocycles. The largest absolute Gasteiger partial charge is 0.350 e. The van der Waals surface area contributed by atoms with E-state index >= 15 is 0 Å². The monoisotopic (exact) mass is 302 g/mol. The Kier molecular flexibility index (Phi) is 4.11. The van der Waals surface area contributed by atoms with Crippen LogP contribution >= 0.6 is 11.6 Å². The lowest BCUT2D eigenvalue weighted by Crippen LogP contribution is -2.30. The number of pyridine rings is 1. The minimum atomic E-state index is -0.137. The number of aromatic nitrogens is 1. The number of carbonyl (C=O) groups excluding carboxylic acids is 1. The second-order valence-electron chi connectivity index (χ2n) is 5.88. The Morgan fingerprint density at radius 3 is 2.95 bits per heavy atom. The van der Waals surface area contributed by atoms with E-state index in [4.69, 9.17) is 11.6 Å². The molecule has 110 valence electrons. The zero-order chi connectivity index (χ0) is 14.8. The Balaban J connectivity index is 1.75. The molecule has 1 fully saturated rings. The molecule has 1 aromatic heterocycles. The Labute approximate surface area is 129 Å². The Hall–Kier alpha value is -1.61. The number of carbonyl (C=O) groups is 1. The Bertz CT molecular complexity index is 671. The van der Waals surface area contributed by atoms with Gasteiger partial charge >= 0.3 is 0 Å². The van der Waals surface area contributed by atoms with Gasteiger partial charge in [0.1, 0.15) is 5.69 Å². The number of para-hydroxylation sites is 1. The SMILES string of the molecule is CC1CCCC1CNC(=O)c1cc(Cl)c2ccccc2n1. The number of hydrogen-bond donors (Lipinski definition) is 1. The van der Waals surface area contributed by atoms with Gasteiger partial charge in [0.05, 0.1) is 10.5 Å². The lowest BCUT2D eigenvalue weighted by molar-refractivity contribution is 0.0940. The quantitative estimate of drug-likeness (QED) is 0.929. The third kappa shape index (κ3) is 3.03. The average Bonchev–Trinajstić information content (AvgIpc) is 2.90. The molecule has 21 heavy (non-hydrogen) atoms. The van der Waals surface area contributed by atoms with Crippen molar-refractivity contribution in [1.82, 2.24) is 10.3 Å². The van der Waals surface area contributed by atoms with Crippen molar-refractivity contribution in [2.75, 3.05) is 6.54 Å². The maximum absolute atomic E-state index is 12.3. The molecule has 3 rings (SSSR count). The van der Waals surface area contributed by atoms with Crippen molar-refractivity contribution < 1.29 is 4.79 Å². The molecule has 3 nitrogen and oxygen atoms in total. The normalized spacial score (nSPS) is 21.6. The highest BCUT2D eigenvalue weighted by Gasteiger charge is 2.24. The first-order valence-electron chi connectivity index (χ1n) is 7.48. The van der Waals surface area contributed by atoms with Crippen molar-refractivity contribution in [1.29, 1.82) is 0 Å². The predicted octanol–water partition coefficient (Wildman–Crippen LogP) is 4.05. The third-order valence-corrected chi connectivity index (χ3v) is 4.77. The number of rotatable bonds is 3. The smallest absolute Gasteiger partial charge is 0.269 e. The van der Waals surface area contributed by atoms with Crippen LogP contribution in [0.2, 0.25) is 5.02 Å². The first-order chi connectivity index (χ1) is 10.1. The van der Waals surface area contributed by atoms with Gasteiger partial charge in [-0.3, -0.25) is 4.79 Å². The summed E-state index contributed by atoms with van der Waals surface area (Å²) < 4.78 is 0. The lowest BCUT2D eigenvalue weighted by atomic mass is 9.98. The van der Waals surface area contributed by atoms with Crippen LogP contribution in [0, 0.1) is 11.8 Å². The summed E-state index contributed by atoms with van der Waals surface area (Å²) in [6.45, 7) is 2.99. The van der Waals surface area contributed by atoms with E-state index in [2.05, 4.69) is 17.2 Å². The van der Waals surface area contributed by atoms with Crippen LogP contribution in [0.1, 0.15) is 36.7 Å². The summed E-state index contributed by atoms with van der Waals surface area (Å²) in [7, 11) is 0. The Morgan fingerprint density at radius 1 is 1.38 bits per heavy atom. The molecule has 2 aromatic rings. The molecule has 4 heteroatoms. The van der Waals surface area contributed by atoms with Crippen LogP contribution in [0.15, 0.2) is 30.3 Å². The average molecular weight is 303 g/mol. The molecule has 1 saturated carbocycles. The fraction of sp³-hybridized carbons (Fsp3) is 0.412. The number of halogens is 1. The van der Waals surface area contributed by atoms with Crippen LogP contribution in [0.4, 0.5) is 0 Å². The zero-order valence-corrected chi connectivity index (χ0v) is 12.9. The zero-order valence-electron chi connectivity index (χ0n) is 12.1. The van der Waals surface area contributed by atoms with E-state index in [-0.39, 0.29) is 5.91 Å². The first-order valence-corrected chi connectivity index (χ1v) is 7.86. The molecular weight excluding hydrogens is 284 g/mol. The minimum Gasteiger partial charge on any atom is -0.350 e. The standard InChI is InChI=1S/C17H19ClN2O/c1-11-5-4-6-12(11)10-19-17(21)16-9-14(18)13-7-2-3-8-15(13)20-16/h2-3,7-9,11-12H,4-6,10H2,1H3,(H,19,21). The van der Waals surface area contributed by atoms with Gasteiger partial charge in [0.15, 0.2) is 0 Å². The molecule has 2 unspecified atom stereocenters. The van der Waals surface area contributed by atoms with Gasteiger partial charge < -0.3 is 5.32 Å². The summed E-state index contributed by atoms with van der Waals surface area (Å²) in [6.07, 6.45) is 3.73. The summed E-state index contributed by atoms with van der Waals surface area (Å²) in [6, 6.07) is 9.24. The Morgan fingerprint density at radius 2 is 2.19 bits per heavy atom. The molecule has 1 aliphatic rings. The van der Waals surface area contributed by atoms with E-state index in [0.29, 0.717) is 22.6 Å². The van der Waals surface area contributed by atoms with Gasteiger partial charge in [-0.05, 0) is 30.4 Å². The minimum absolute atomic E-state index is 0.137. The molecule has 0 bridgehead atoms. The van der Waals surface area contributed by atoms with Crippen molar-refractivity contribution >= 4 is 28.4 Å². The lowest BCUT2D eigenvalue weighted by Gasteiger charge is -2.15. The van der Waals surface area contributed by atoms with E-state index in [0.717, 1.165) is 17.4 Å². The molecule has 0 radical (unpaired) electrons. The van der Waals surface area contributed by atoms with Crippen LogP contribution in [0.25, 0.3) is 10.9 Å². The predicted molar refractivity (Wildman–Crippen MR) is 85.6 cm³/mol. The molecule has 1 N–H and O–H groups in total. The second-order valence-corrected chi connectivity index (χ2v) is 6.29. The van der Waals surface area contributed by atoms with Gasteiger partial charge in [-0.1, -0.05) is 49.6 Å². The van der Waals surface area contributed by atoms with Crippen molar-refractivity contribution in [2.45, 2.75) is 26.2 Å². The highest BCUT2D eigenvalue weighted by Crippen LogP contribution is 2.30. The summed E-state index contributed by atoms with van der Waals surface area (Å²) >= 11 is 6.24. The number of nitrogens with one attached hydrogen (secondary N) is 1. The van der Waals surface area contributed by atoms with Gasteiger partial charge in [0.25, 0.3) is 5.91 Å². The van der Waals surface area contributed by atoms with Gasteiger partial charge in [-0.2, -0.15) is 0 Å². The first kappa shape index (κ1) is 14.3.